The Morgan fingerprint density at radius 1 is 0.237 bits per heavy atom. The van der Waals surface area contributed by atoms with Crippen molar-refractivity contribution in [3.05, 3.63) is 194 Å². The molecule has 13 aromatic rings. The molecule has 3 heterocycles. The van der Waals surface area contributed by atoms with Crippen LogP contribution >= 0.6 is 0 Å². The van der Waals surface area contributed by atoms with Crippen LogP contribution in [-0.2, 0) is 0 Å². The summed E-state index contributed by atoms with van der Waals surface area (Å²) in [5.74, 6) is 0. The van der Waals surface area contributed by atoms with Gasteiger partial charge in [0.05, 0.1) is 0 Å². The molecule has 0 aliphatic carbocycles. The third-order valence-electron chi connectivity index (χ3n) is 12.2. The molecule has 0 saturated carbocycles. The van der Waals surface area contributed by atoms with E-state index in [1.54, 1.807) is 0 Å². The normalized spacial score (nSPS) is 12.1. The zero-order valence-corrected chi connectivity index (χ0v) is 31.7. The van der Waals surface area contributed by atoms with Crippen LogP contribution in [0.1, 0.15) is 0 Å². The van der Waals surface area contributed by atoms with Gasteiger partial charge in [-0.15, -0.1) is 0 Å². The molecule has 0 aliphatic heterocycles. The minimum Gasteiger partial charge on any atom is -0.456 e. The predicted octanol–water partition coefficient (Wildman–Crippen LogP) is 16.4. The van der Waals surface area contributed by atoms with Gasteiger partial charge in [-0.1, -0.05) is 127 Å². The van der Waals surface area contributed by atoms with E-state index in [2.05, 4.69) is 182 Å². The highest BCUT2D eigenvalue weighted by Crippen LogP contribution is 2.46. The third-order valence-corrected chi connectivity index (χ3v) is 12.2. The van der Waals surface area contributed by atoms with Gasteiger partial charge in [-0.2, -0.15) is 0 Å². The van der Waals surface area contributed by atoms with E-state index < -0.39 is 0 Å². The summed E-state index contributed by atoms with van der Waals surface area (Å²) in [5.41, 5.74) is 14.1. The van der Waals surface area contributed by atoms with E-state index in [1.165, 1.54) is 16.2 Å². The highest BCUT2D eigenvalue weighted by Gasteiger charge is 2.21. The number of benzene rings is 10. The fourth-order valence-corrected chi connectivity index (χ4v) is 9.43. The molecule has 0 N–H and O–H groups in total. The number of para-hydroxylation sites is 2. The minimum atomic E-state index is 0.849. The van der Waals surface area contributed by atoms with Crippen molar-refractivity contribution in [2.75, 3.05) is 0 Å². The average molecular weight is 753 g/mol. The first kappa shape index (κ1) is 32.2. The maximum atomic E-state index is 6.92. The van der Waals surface area contributed by atoms with E-state index in [1.807, 2.05) is 12.1 Å². The second kappa shape index (κ2) is 12.3. The largest absolute Gasteiger partial charge is 0.456 e. The molecule has 0 fully saturated rings. The Kier molecular flexibility index (Phi) is 6.72. The topological polar surface area (TPSA) is 39.4 Å². The Hall–Kier alpha value is -7.88. The molecular weight excluding hydrogens is 721 g/mol. The Balaban J connectivity index is 1.03. The summed E-state index contributed by atoms with van der Waals surface area (Å²) in [4.78, 5) is 0. The smallest absolute Gasteiger partial charge is 0.143 e. The first-order valence-corrected chi connectivity index (χ1v) is 20.1. The van der Waals surface area contributed by atoms with Gasteiger partial charge in [0.2, 0.25) is 0 Å². The molecule has 3 heteroatoms. The molecule has 10 aromatic carbocycles. The van der Waals surface area contributed by atoms with Gasteiger partial charge in [-0.25, -0.2) is 0 Å². The van der Waals surface area contributed by atoms with Gasteiger partial charge in [0.1, 0.15) is 33.5 Å². The van der Waals surface area contributed by atoms with E-state index in [0.717, 1.165) is 116 Å². The number of rotatable bonds is 4. The summed E-state index contributed by atoms with van der Waals surface area (Å²) in [6.07, 6.45) is 0. The zero-order valence-electron chi connectivity index (χ0n) is 31.7. The Morgan fingerprint density at radius 3 is 1.63 bits per heavy atom. The van der Waals surface area contributed by atoms with E-state index in [-0.39, 0.29) is 0 Å². The number of hydrogen-bond acceptors (Lipinski definition) is 3. The molecule has 0 bridgehead atoms. The van der Waals surface area contributed by atoms with Gasteiger partial charge in [0.15, 0.2) is 0 Å². The Bertz CT molecular complexity index is 3850. The summed E-state index contributed by atoms with van der Waals surface area (Å²) in [5, 5.41) is 11.4. The van der Waals surface area contributed by atoms with Crippen LogP contribution in [0.3, 0.4) is 0 Å². The van der Waals surface area contributed by atoms with Gasteiger partial charge in [-0.05, 0) is 127 Å². The molecule has 13 rings (SSSR count). The molecule has 0 spiro atoms. The quantitative estimate of drug-likeness (QED) is 0.180. The molecule has 0 atom stereocenters. The molecule has 0 aliphatic rings. The molecular formula is C56H32O3. The highest BCUT2D eigenvalue weighted by molar-refractivity contribution is 6.20. The molecule has 3 nitrogen and oxygen atoms in total. The maximum absolute atomic E-state index is 6.92. The van der Waals surface area contributed by atoms with Gasteiger partial charge in [-0.3, -0.25) is 0 Å². The van der Waals surface area contributed by atoms with Crippen LogP contribution in [0, 0.1) is 0 Å². The summed E-state index contributed by atoms with van der Waals surface area (Å²) in [6, 6.07) is 69.2. The van der Waals surface area contributed by atoms with Crippen LogP contribution in [0.15, 0.2) is 207 Å². The number of fused-ring (bicyclic) bond motifs is 11. The lowest BCUT2D eigenvalue weighted by atomic mass is 9.90. The Morgan fingerprint density at radius 2 is 0.780 bits per heavy atom. The second-order valence-electron chi connectivity index (χ2n) is 15.6. The molecule has 59 heavy (non-hydrogen) atoms. The van der Waals surface area contributed by atoms with Crippen molar-refractivity contribution in [3.8, 4) is 44.5 Å². The van der Waals surface area contributed by atoms with E-state index >= 15 is 0 Å². The number of furan rings is 3. The van der Waals surface area contributed by atoms with Crippen LogP contribution < -0.4 is 0 Å². The standard InChI is InChI=1S/C56H32O3/c1-2-11-34-26-37(23-22-33(34)10-1)39-27-40(38-24-25-44-43-14-5-6-19-49(43)57-52(44)32-38)29-41(28-39)42-15-8-21-51-54(42)47-18-7-17-46(56(47)59-51)45-16-9-20-50-55(45)48-30-35-12-3-4-13-36(35)31-53(48)58-50/h1-32H. The first-order valence-electron chi connectivity index (χ1n) is 20.1. The van der Waals surface area contributed by atoms with Crippen molar-refractivity contribution in [2.45, 2.75) is 0 Å². The second-order valence-corrected chi connectivity index (χ2v) is 15.6. The summed E-state index contributed by atoms with van der Waals surface area (Å²) in [6.45, 7) is 0. The molecule has 3 aromatic heterocycles. The average Bonchev–Trinajstić information content (AvgIpc) is 3.98. The summed E-state index contributed by atoms with van der Waals surface area (Å²) < 4.78 is 19.8. The molecule has 0 amide bonds. The first-order chi connectivity index (χ1) is 29.2. The van der Waals surface area contributed by atoms with Crippen LogP contribution in [0.5, 0.6) is 0 Å². The van der Waals surface area contributed by atoms with Crippen molar-refractivity contribution in [1.29, 1.82) is 0 Å². The van der Waals surface area contributed by atoms with Crippen LogP contribution in [0.2, 0.25) is 0 Å². The fourth-order valence-electron chi connectivity index (χ4n) is 9.43. The zero-order chi connectivity index (χ0) is 38.6. The van der Waals surface area contributed by atoms with Gasteiger partial charge >= 0.3 is 0 Å². The van der Waals surface area contributed by atoms with Gasteiger partial charge < -0.3 is 13.3 Å². The van der Waals surface area contributed by atoms with Crippen molar-refractivity contribution >= 4 is 87.4 Å². The van der Waals surface area contributed by atoms with Crippen molar-refractivity contribution in [1.82, 2.24) is 0 Å². The van der Waals surface area contributed by atoms with Gasteiger partial charge in [0.25, 0.3) is 0 Å². The third kappa shape index (κ3) is 4.95. The lowest BCUT2D eigenvalue weighted by Crippen LogP contribution is -1.87. The summed E-state index contributed by atoms with van der Waals surface area (Å²) >= 11 is 0. The lowest BCUT2D eigenvalue weighted by Gasteiger charge is -2.13. The van der Waals surface area contributed by atoms with Crippen molar-refractivity contribution < 1.29 is 13.3 Å². The van der Waals surface area contributed by atoms with E-state index in [4.69, 9.17) is 13.3 Å². The molecule has 0 radical (unpaired) electrons. The SMILES string of the molecule is c1ccc2cc(-c3cc(-c4ccc5c(c4)oc4ccccc45)cc(-c4cccc5oc6c(-c7cccc8oc9cc%10ccccc%10cc9c78)cccc6c45)c3)ccc2c1. The lowest BCUT2D eigenvalue weighted by molar-refractivity contribution is 0.668. The number of hydrogen-bond donors (Lipinski definition) is 0. The van der Waals surface area contributed by atoms with Crippen molar-refractivity contribution in [3.63, 3.8) is 0 Å². The molecule has 0 unspecified atom stereocenters. The minimum absolute atomic E-state index is 0.849. The van der Waals surface area contributed by atoms with E-state index in [9.17, 15) is 0 Å². The van der Waals surface area contributed by atoms with E-state index in [0.29, 0.717) is 0 Å². The monoisotopic (exact) mass is 752 g/mol. The molecule has 274 valence electrons. The van der Waals surface area contributed by atoms with Crippen LogP contribution in [-0.4, -0.2) is 0 Å². The van der Waals surface area contributed by atoms with Gasteiger partial charge in [0, 0.05) is 37.9 Å². The van der Waals surface area contributed by atoms with Crippen LogP contribution in [0.4, 0.5) is 0 Å². The summed E-state index contributed by atoms with van der Waals surface area (Å²) in [7, 11) is 0. The molecule has 0 saturated heterocycles. The van der Waals surface area contributed by atoms with Crippen LogP contribution in [0.25, 0.3) is 132 Å². The highest BCUT2D eigenvalue weighted by atomic mass is 16.3. The predicted molar refractivity (Wildman–Crippen MR) is 245 cm³/mol. The maximum Gasteiger partial charge on any atom is 0.143 e. The Labute approximate surface area is 337 Å². The fraction of sp³-hybridized carbons (Fsp3) is 0. The van der Waals surface area contributed by atoms with Crippen molar-refractivity contribution in [2.24, 2.45) is 0 Å².